The molecule has 1 atom stereocenters. The van der Waals surface area contributed by atoms with Gasteiger partial charge in [0.05, 0.1) is 12.3 Å². The van der Waals surface area contributed by atoms with Crippen LogP contribution in [0.15, 0.2) is 0 Å². The minimum atomic E-state index is -0.579. The summed E-state index contributed by atoms with van der Waals surface area (Å²) in [6.07, 6.45) is 0. The van der Waals surface area contributed by atoms with Crippen molar-refractivity contribution in [2.24, 2.45) is 0 Å². The van der Waals surface area contributed by atoms with Crippen molar-refractivity contribution in [2.75, 3.05) is 27.4 Å². The van der Waals surface area contributed by atoms with Crippen LogP contribution in [0.25, 0.3) is 0 Å². The first-order chi connectivity index (χ1) is 9.02. The third-order valence-electron chi connectivity index (χ3n) is 2.63. The van der Waals surface area contributed by atoms with E-state index >= 15 is 0 Å². The summed E-state index contributed by atoms with van der Waals surface area (Å²) in [5, 5.41) is 10.1. The Bertz CT molecular complexity index is 458. The number of ether oxygens (including phenoxy) is 2. The average Bonchev–Trinajstić information content (AvgIpc) is 2.79. The maximum Gasteiger partial charge on any atom is 0.360 e. The van der Waals surface area contributed by atoms with Crippen molar-refractivity contribution in [2.45, 2.75) is 19.9 Å². The van der Waals surface area contributed by atoms with Crippen LogP contribution in [0.1, 0.15) is 29.1 Å². The van der Waals surface area contributed by atoms with Crippen molar-refractivity contribution in [3.05, 3.63) is 11.4 Å². The van der Waals surface area contributed by atoms with Crippen molar-refractivity contribution in [1.29, 1.82) is 0 Å². The standard InChI is InChI=1S/C11H18N4O4/c1-7-9(11(17)19-6-5-18-4)13-14-15(7)8(2)10(16)12-3/h8H,5-6H2,1-4H3,(H,12,16). The highest BCUT2D eigenvalue weighted by molar-refractivity contribution is 5.88. The number of nitrogens with zero attached hydrogens (tertiary/aromatic N) is 3. The number of carbonyl (C=O) groups is 2. The molecule has 1 aromatic heterocycles. The van der Waals surface area contributed by atoms with Crippen molar-refractivity contribution >= 4 is 11.9 Å². The molecule has 0 spiro atoms. The predicted molar refractivity (Wildman–Crippen MR) is 65.7 cm³/mol. The largest absolute Gasteiger partial charge is 0.458 e. The molecule has 1 rings (SSSR count). The molecule has 0 aromatic carbocycles. The predicted octanol–water partition coefficient (Wildman–Crippen LogP) is -0.303. The lowest BCUT2D eigenvalue weighted by atomic mass is 10.3. The molecule has 0 bridgehead atoms. The number of hydrogen-bond donors (Lipinski definition) is 1. The van der Waals surface area contributed by atoms with Gasteiger partial charge in [0.25, 0.3) is 0 Å². The monoisotopic (exact) mass is 270 g/mol. The number of hydrogen-bond acceptors (Lipinski definition) is 6. The summed E-state index contributed by atoms with van der Waals surface area (Å²) in [6, 6.07) is -0.543. The van der Waals surface area contributed by atoms with Gasteiger partial charge in [-0.2, -0.15) is 0 Å². The minimum absolute atomic E-state index is 0.104. The first-order valence-corrected chi connectivity index (χ1v) is 5.82. The molecule has 1 heterocycles. The van der Waals surface area contributed by atoms with E-state index in [0.29, 0.717) is 12.3 Å². The number of aromatic nitrogens is 3. The SMILES string of the molecule is CNC(=O)C(C)n1nnc(C(=O)OCCOC)c1C. The minimum Gasteiger partial charge on any atom is -0.458 e. The lowest BCUT2D eigenvalue weighted by Crippen LogP contribution is -2.29. The molecular formula is C11H18N4O4. The van der Waals surface area contributed by atoms with E-state index in [1.54, 1.807) is 13.8 Å². The number of carbonyl (C=O) groups excluding carboxylic acids is 2. The molecule has 0 aliphatic heterocycles. The van der Waals surface area contributed by atoms with Crippen LogP contribution < -0.4 is 5.32 Å². The third kappa shape index (κ3) is 3.50. The van der Waals surface area contributed by atoms with Gasteiger partial charge in [0.1, 0.15) is 12.6 Å². The third-order valence-corrected chi connectivity index (χ3v) is 2.63. The summed E-state index contributed by atoms with van der Waals surface area (Å²) in [4.78, 5) is 23.2. The van der Waals surface area contributed by atoms with E-state index in [2.05, 4.69) is 15.6 Å². The van der Waals surface area contributed by atoms with Crippen LogP contribution in [-0.4, -0.2) is 54.2 Å². The second-order valence-corrected chi connectivity index (χ2v) is 3.89. The highest BCUT2D eigenvalue weighted by Crippen LogP contribution is 2.12. The lowest BCUT2D eigenvalue weighted by Gasteiger charge is -2.11. The van der Waals surface area contributed by atoms with Crippen LogP contribution in [-0.2, 0) is 14.3 Å². The first-order valence-electron chi connectivity index (χ1n) is 5.82. The summed E-state index contributed by atoms with van der Waals surface area (Å²) < 4.78 is 11.1. The van der Waals surface area contributed by atoms with E-state index in [-0.39, 0.29) is 18.2 Å². The Morgan fingerprint density at radius 3 is 2.68 bits per heavy atom. The number of likely N-dealkylation sites (N-methyl/N-ethyl adjacent to an activating group) is 1. The molecule has 1 N–H and O–H groups in total. The van der Waals surface area contributed by atoms with Gasteiger partial charge in [-0.15, -0.1) is 5.10 Å². The van der Waals surface area contributed by atoms with Crippen molar-refractivity contribution in [1.82, 2.24) is 20.3 Å². The lowest BCUT2D eigenvalue weighted by molar-refractivity contribution is -0.123. The van der Waals surface area contributed by atoms with Crippen LogP contribution in [0.2, 0.25) is 0 Å². The Morgan fingerprint density at radius 1 is 1.42 bits per heavy atom. The Hall–Kier alpha value is -1.96. The molecule has 0 saturated heterocycles. The molecule has 106 valence electrons. The van der Waals surface area contributed by atoms with Gasteiger partial charge in [-0.1, -0.05) is 5.21 Å². The van der Waals surface area contributed by atoms with Crippen LogP contribution in [0.4, 0.5) is 0 Å². The second-order valence-electron chi connectivity index (χ2n) is 3.89. The highest BCUT2D eigenvalue weighted by atomic mass is 16.6. The molecule has 0 saturated carbocycles. The smallest absolute Gasteiger partial charge is 0.360 e. The zero-order chi connectivity index (χ0) is 14.4. The molecular weight excluding hydrogens is 252 g/mol. The number of methoxy groups -OCH3 is 1. The Labute approximate surface area is 111 Å². The summed E-state index contributed by atoms with van der Waals surface area (Å²) >= 11 is 0. The molecule has 8 heteroatoms. The number of amides is 1. The fraction of sp³-hybridized carbons (Fsp3) is 0.636. The van der Waals surface area contributed by atoms with E-state index in [1.807, 2.05) is 0 Å². The van der Waals surface area contributed by atoms with Gasteiger partial charge in [-0.05, 0) is 13.8 Å². The number of rotatable bonds is 6. The van der Waals surface area contributed by atoms with E-state index in [4.69, 9.17) is 9.47 Å². The topological polar surface area (TPSA) is 95.3 Å². The average molecular weight is 270 g/mol. The van der Waals surface area contributed by atoms with Crippen molar-refractivity contribution in [3.8, 4) is 0 Å². The van der Waals surface area contributed by atoms with Gasteiger partial charge in [-0.25, -0.2) is 9.48 Å². The zero-order valence-electron chi connectivity index (χ0n) is 11.5. The molecule has 8 nitrogen and oxygen atoms in total. The normalized spacial score (nSPS) is 12.0. The van der Waals surface area contributed by atoms with Gasteiger partial charge in [0, 0.05) is 14.2 Å². The van der Waals surface area contributed by atoms with Gasteiger partial charge in [0.15, 0.2) is 5.69 Å². The molecule has 0 radical (unpaired) electrons. The van der Waals surface area contributed by atoms with Gasteiger partial charge < -0.3 is 14.8 Å². The van der Waals surface area contributed by atoms with Gasteiger partial charge >= 0.3 is 5.97 Å². The quantitative estimate of drug-likeness (QED) is 0.563. The van der Waals surface area contributed by atoms with E-state index < -0.39 is 12.0 Å². The molecule has 0 fully saturated rings. The number of esters is 1. The van der Waals surface area contributed by atoms with Gasteiger partial charge in [-0.3, -0.25) is 4.79 Å². The molecule has 0 aliphatic rings. The Kier molecular flexibility index (Phi) is 5.43. The van der Waals surface area contributed by atoms with Gasteiger partial charge in [0.2, 0.25) is 5.91 Å². The van der Waals surface area contributed by atoms with E-state index in [1.165, 1.54) is 18.8 Å². The Morgan fingerprint density at radius 2 is 2.11 bits per heavy atom. The molecule has 0 aliphatic carbocycles. The van der Waals surface area contributed by atoms with Crippen LogP contribution >= 0.6 is 0 Å². The molecule has 1 aromatic rings. The Balaban J connectivity index is 2.80. The summed E-state index contributed by atoms with van der Waals surface area (Å²) in [5.41, 5.74) is 0.588. The van der Waals surface area contributed by atoms with Crippen LogP contribution in [0.3, 0.4) is 0 Å². The number of nitrogens with one attached hydrogen (secondary N) is 1. The van der Waals surface area contributed by atoms with E-state index in [0.717, 1.165) is 0 Å². The zero-order valence-corrected chi connectivity index (χ0v) is 11.5. The molecule has 1 unspecified atom stereocenters. The summed E-state index contributed by atoms with van der Waals surface area (Å²) in [5.74, 6) is -0.794. The maximum atomic E-state index is 11.7. The first kappa shape index (κ1) is 15.1. The molecule has 1 amide bonds. The van der Waals surface area contributed by atoms with Crippen molar-refractivity contribution < 1.29 is 19.1 Å². The summed E-state index contributed by atoms with van der Waals surface area (Å²) in [7, 11) is 3.05. The van der Waals surface area contributed by atoms with Crippen LogP contribution in [0.5, 0.6) is 0 Å². The fourth-order valence-electron chi connectivity index (χ4n) is 1.50. The van der Waals surface area contributed by atoms with Crippen molar-refractivity contribution in [3.63, 3.8) is 0 Å². The summed E-state index contributed by atoms with van der Waals surface area (Å²) in [6.45, 7) is 3.78. The second kappa shape index (κ2) is 6.83. The van der Waals surface area contributed by atoms with E-state index in [9.17, 15) is 9.59 Å². The fourth-order valence-corrected chi connectivity index (χ4v) is 1.50. The molecule has 19 heavy (non-hydrogen) atoms. The van der Waals surface area contributed by atoms with Crippen LogP contribution in [0, 0.1) is 6.92 Å². The maximum absolute atomic E-state index is 11.7. The highest BCUT2D eigenvalue weighted by Gasteiger charge is 2.23.